The highest BCUT2D eigenvalue weighted by atomic mass is 16.5. The molecule has 18 heavy (non-hydrogen) atoms. The molecule has 0 aromatic carbocycles. The molecule has 0 bridgehead atoms. The fourth-order valence-corrected chi connectivity index (χ4v) is 2.55. The van der Waals surface area contributed by atoms with Gasteiger partial charge in [0.25, 0.3) is 0 Å². The van der Waals surface area contributed by atoms with Gasteiger partial charge in [0.15, 0.2) is 0 Å². The fourth-order valence-electron chi connectivity index (χ4n) is 2.55. The lowest BCUT2D eigenvalue weighted by molar-refractivity contribution is 0.0413. The summed E-state index contributed by atoms with van der Waals surface area (Å²) in [6.07, 6.45) is 3.38. The minimum atomic E-state index is 0.443. The Morgan fingerprint density at radius 1 is 0.778 bits per heavy atom. The van der Waals surface area contributed by atoms with Crippen molar-refractivity contribution in [3.8, 4) is 0 Å². The topological polar surface area (TPSA) is 42.5 Å². The zero-order chi connectivity index (χ0) is 13.4. The molecule has 2 aliphatic rings. The van der Waals surface area contributed by atoms with Gasteiger partial charge in [-0.25, -0.2) is 0 Å². The molecular weight excluding hydrogens is 228 g/mol. The summed E-state index contributed by atoms with van der Waals surface area (Å²) in [6.45, 7) is 8.85. The molecule has 2 rings (SSSR count). The predicted molar refractivity (Wildman–Crippen MR) is 74.9 cm³/mol. The SMILES string of the molecule is COC1CNCCC1C.CO[C@H]1CNCC[C@H]1C. The molecule has 108 valence electrons. The number of rotatable bonds is 2. The van der Waals surface area contributed by atoms with Crippen LogP contribution in [0.4, 0.5) is 0 Å². The van der Waals surface area contributed by atoms with Crippen LogP contribution in [0.1, 0.15) is 26.7 Å². The second-order valence-corrected chi connectivity index (χ2v) is 5.49. The van der Waals surface area contributed by atoms with E-state index in [2.05, 4.69) is 24.5 Å². The van der Waals surface area contributed by atoms with Crippen molar-refractivity contribution in [1.82, 2.24) is 10.6 Å². The summed E-state index contributed by atoms with van der Waals surface area (Å²) < 4.78 is 10.5. The minimum Gasteiger partial charge on any atom is -0.380 e. The third-order valence-corrected chi connectivity index (χ3v) is 4.12. The first kappa shape index (κ1) is 15.9. The highest BCUT2D eigenvalue weighted by Gasteiger charge is 2.20. The van der Waals surface area contributed by atoms with Gasteiger partial charge in [-0.1, -0.05) is 13.8 Å². The van der Waals surface area contributed by atoms with Crippen molar-refractivity contribution < 1.29 is 9.47 Å². The zero-order valence-electron chi connectivity index (χ0n) is 12.4. The molecule has 4 nitrogen and oxygen atoms in total. The molecular formula is C14H30N2O2. The third-order valence-electron chi connectivity index (χ3n) is 4.12. The Balaban J connectivity index is 0.000000180. The van der Waals surface area contributed by atoms with Crippen LogP contribution in [0.3, 0.4) is 0 Å². The summed E-state index contributed by atoms with van der Waals surface area (Å²) in [7, 11) is 3.57. The van der Waals surface area contributed by atoms with E-state index in [0.717, 1.165) is 38.0 Å². The maximum atomic E-state index is 5.24. The van der Waals surface area contributed by atoms with Crippen molar-refractivity contribution in [3.63, 3.8) is 0 Å². The molecule has 2 fully saturated rings. The largest absolute Gasteiger partial charge is 0.380 e. The van der Waals surface area contributed by atoms with Crippen LogP contribution in [0.2, 0.25) is 0 Å². The van der Waals surface area contributed by atoms with Crippen molar-refractivity contribution >= 4 is 0 Å². The minimum absolute atomic E-state index is 0.443. The molecule has 0 amide bonds. The van der Waals surface area contributed by atoms with Crippen molar-refractivity contribution in [2.75, 3.05) is 40.4 Å². The van der Waals surface area contributed by atoms with Gasteiger partial charge in [0.05, 0.1) is 12.2 Å². The molecule has 0 radical (unpaired) electrons. The third kappa shape index (κ3) is 5.22. The van der Waals surface area contributed by atoms with Crippen molar-refractivity contribution in [2.24, 2.45) is 11.8 Å². The molecule has 2 aliphatic heterocycles. The lowest BCUT2D eigenvalue weighted by Crippen LogP contribution is -2.40. The highest BCUT2D eigenvalue weighted by molar-refractivity contribution is 4.75. The number of methoxy groups -OCH3 is 2. The molecule has 0 saturated carbocycles. The smallest absolute Gasteiger partial charge is 0.0721 e. The van der Waals surface area contributed by atoms with Gasteiger partial charge in [-0.05, 0) is 37.8 Å². The number of ether oxygens (including phenoxy) is 2. The van der Waals surface area contributed by atoms with Crippen LogP contribution >= 0.6 is 0 Å². The molecule has 0 spiro atoms. The number of nitrogens with one attached hydrogen (secondary N) is 2. The zero-order valence-corrected chi connectivity index (χ0v) is 12.4. The van der Waals surface area contributed by atoms with Gasteiger partial charge >= 0.3 is 0 Å². The normalized spacial score (nSPS) is 36.7. The molecule has 2 heterocycles. The van der Waals surface area contributed by atoms with Crippen molar-refractivity contribution in [2.45, 2.75) is 38.9 Å². The van der Waals surface area contributed by atoms with Crippen molar-refractivity contribution in [1.29, 1.82) is 0 Å². The van der Waals surface area contributed by atoms with Crippen LogP contribution in [0, 0.1) is 11.8 Å². The van der Waals surface area contributed by atoms with Crippen LogP contribution < -0.4 is 10.6 Å². The van der Waals surface area contributed by atoms with Crippen LogP contribution in [0.5, 0.6) is 0 Å². The van der Waals surface area contributed by atoms with E-state index >= 15 is 0 Å². The van der Waals surface area contributed by atoms with Crippen molar-refractivity contribution in [3.05, 3.63) is 0 Å². The maximum Gasteiger partial charge on any atom is 0.0721 e. The Morgan fingerprint density at radius 2 is 1.17 bits per heavy atom. The summed E-state index contributed by atoms with van der Waals surface area (Å²) in [5.74, 6) is 1.47. The molecule has 2 N–H and O–H groups in total. The lowest BCUT2D eigenvalue weighted by Gasteiger charge is -2.27. The Hall–Kier alpha value is -0.160. The molecule has 2 saturated heterocycles. The lowest BCUT2D eigenvalue weighted by atomic mass is 9.97. The fraction of sp³-hybridized carbons (Fsp3) is 1.00. The Morgan fingerprint density at radius 3 is 1.39 bits per heavy atom. The number of piperidine rings is 2. The Kier molecular flexibility index (Phi) is 7.82. The van der Waals surface area contributed by atoms with Crippen LogP contribution in [0.15, 0.2) is 0 Å². The second kappa shape index (κ2) is 8.86. The highest BCUT2D eigenvalue weighted by Crippen LogP contribution is 2.13. The summed E-state index contributed by atoms with van der Waals surface area (Å²) in [5.41, 5.74) is 0. The van der Waals surface area contributed by atoms with Gasteiger partial charge in [0.2, 0.25) is 0 Å². The monoisotopic (exact) mass is 258 g/mol. The van der Waals surface area contributed by atoms with Crippen LogP contribution in [-0.4, -0.2) is 52.6 Å². The first-order valence-electron chi connectivity index (χ1n) is 7.16. The standard InChI is InChI=1S/2C7H15NO/c2*1-6-3-4-8-5-7(6)9-2/h2*6-8H,3-5H2,1-2H3/t6-,7+;/m1./s1. The quantitative estimate of drug-likeness (QED) is 0.782. The summed E-state index contributed by atoms with van der Waals surface area (Å²) in [5, 5.41) is 6.58. The van der Waals surface area contributed by atoms with Crippen LogP contribution in [-0.2, 0) is 9.47 Å². The van der Waals surface area contributed by atoms with E-state index in [1.807, 2.05) is 0 Å². The van der Waals surface area contributed by atoms with E-state index in [9.17, 15) is 0 Å². The molecule has 2 unspecified atom stereocenters. The van der Waals surface area contributed by atoms with Gasteiger partial charge in [0.1, 0.15) is 0 Å². The van der Waals surface area contributed by atoms with E-state index in [1.165, 1.54) is 12.8 Å². The number of hydrogen-bond donors (Lipinski definition) is 2. The number of hydrogen-bond acceptors (Lipinski definition) is 4. The van der Waals surface area contributed by atoms with Gasteiger partial charge in [0, 0.05) is 27.3 Å². The van der Waals surface area contributed by atoms with Gasteiger partial charge in [-0.3, -0.25) is 0 Å². The Labute approximate surface area is 112 Å². The first-order chi connectivity index (χ1) is 8.69. The summed E-state index contributed by atoms with van der Waals surface area (Å²) >= 11 is 0. The van der Waals surface area contributed by atoms with Gasteiger partial charge < -0.3 is 20.1 Å². The van der Waals surface area contributed by atoms with E-state index in [1.54, 1.807) is 14.2 Å². The van der Waals surface area contributed by atoms with E-state index in [0.29, 0.717) is 12.2 Å². The molecule has 0 aromatic rings. The predicted octanol–water partition coefficient (Wildman–Crippen LogP) is 1.26. The second-order valence-electron chi connectivity index (χ2n) is 5.49. The molecule has 0 aromatic heterocycles. The van der Waals surface area contributed by atoms with E-state index in [4.69, 9.17) is 9.47 Å². The Bertz CT molecular complexity index is 192. The average Bonchev–Trinajstić information content (AvgIpc) is 2.41. The molecule has 4 atom stereocenters. The average molecular weight is 258 g/mol. The molecule has 4 heteroatoms. The first-order valence-corrected chi connectivity index (χ1v) is 7.16. The van der Waals surface area contributed by atoms with Gasteiger partial charge in [-0.15, -0.1) is 0 Å². The maximum absolute atomic E-state index is 5.24. The molecule has 0 aliphatic carbocycles. The van der Waals surface area contributed by atoms with E-state index < -0.39 is 0 Å². The summed E-state index contributed by atoms with van der Waals surface area (Å²) in [4.78, 5) is 0. The van der Waals surface area contributed by atoms with Gasteiger partial charge in [-0.2, -0.15) is 0 Å². The summed E-state index contributed by atoms with van der Waals surface area (Å²) in [6, 6.07) is 0. The van der Waals surface area contributed by atoms with Crippen LogP contribution in [0.25, 0.3) is 0 Å². The van der Waals surface area contributed by atoms with E-state index in [-0.39, 0.29) is 0 Å².